The van der Waals surface area contributed by atoms with Crippen molar-refractivity contribution < 1.29 is 9.42 Å². The molecule has 0 aliphatic rings. The fourth-order valence-corrected chi connectivity index (χ4v) is 4.17. The van der Waals surface area contributed by atoms with Crippen molar-refractivity contribution >= 4 is 52.8 Å². The Morgan fingerprint density at radius 1 is 1.29 bits per heavy atom. The molecule has 86 valence electrons. The van der Waals surface area contributed by atoms with Crippen LogP contribution in [-0.2, 0) is 16.3 Å². The minimum absolute atomic E-state index is 0. The molecule has 0 aromatic rings. The van der Waals surface area contributed by atoms with E-state index in [-0.39, 0.29) is 23.9 Å². The fraction of sp³-hybridized carbons (Fsp3) is 1.00. The number of rotatable bonds is 6. The van der Waals surface area contributed by atoms with Crippen molar-refractivity contribution in [2.24, 2.45) is 11.8 Å². The van der Waals surface area contributed by atoms with E-state index < -0.39 is 5.69 Å². The normalized spacial score (nSPS) is 15.4. The molecule has 1 N–H and O–H groups in total. The summed E-state index contributed by atoms with van der Waals surface area (Å²) in [6.07, 6.45) is 0. The fourth-order valence-electron chi connectivity index (χ4n) is 0.524. The van der Waals surface area contributed by atoms with Gasteiger partial charge in [0.25, 0.3) is 0 Å². The summed E-state index contributed by atoms with van der Waals surface area (Å²) in [6, 6.07) is 0. The third-order valence-electron chi connectivity index (χ3n) is 1.14. The second-order valence-electron chi connectivity index (χ2n) is 3.85. The van der Waals surface area contributed by atoms with Crippen LogP contribution in [0.5, 0.6) is 0 Å². The van der Waals surface area contributed by atoms with E-state index in [1.54, 1.807) is 0 Å². The van der Waals surface area contributed by atoms with E-state index in [2.05, 4.69) is 13.8 Å². The maximum absolute atomic E-state index is 9.68. The Kier molecular flexibility index (Phi) is 11.4. The van der Waals surface area contributed by atoms with Crippen LogP contribution in [-0.4, -0.2) is 41.2 Å². The molecule has 0 saturated carbocycles. The van der Waals surface area contributed by atoms with Gasteiger partial charge < -0.3 is 9.42 Å². The Morgan fingerprint density at radius 2 is 1.79 bits per heavy atom. The van der Waals surface area contributed by atoms with Gasteiger partial charge in [-0.15, -0.1) is 0 Å². The first kappa shape index (κ1) is 18.1. The van der Waals surface area contributed by atoms with Crippen LogP contribution in [0.1, 0.15) is 27.7 Å². The minimum atomic E-state index is -2.55. The third kappa shape index (κ3) is 11.8. The van der Waals surface area contributed by atoms with Crippen molar-refractivity contribution in [3.8, 4) is 0 Å². The van der Waals surface area contributed by atoms with Gasteiger partial charge in [-0.3, -0.25) is 0 Å². The van der Waals surface area contributed by atoms with Crippen LogP contribution in [0.2, 0.25) is 0 Å². The van der Waals surface area contributed by atoms with Gasteiger partial charge in [-0.1, -0.05) is 39.1 Å². The van der Waals surface area contributed by atoms with Crippen LogP contribution < -0.4 is 0 Å². The maximum atomic E-state index is 9.68. The molecule has 0 spiro atoms. The molecule has 2 radical (unpaired) electrons. The zero-order valence-electron chi connectivity index (χ0n) is 9.40. The second-order valence-corrected chi connectivity index (χ2v) is 10.1. The predicted molar refractivity (Wildman–Crippen MR) is 73.1 cm³/mol. The zero-order chi connectivity index (χ0) is 10.5. The summed E-state index contributed by atoms with van der Waals surface area (Å²) in [4.78, 5) is 9.68. The Balaban J connectivity index is 0. The molecule has 1 atom stereocenters. The van der Waals surface area contributed by atoms with Gasteiger partial charge in [0.2, 0.25) is 5.69 Å². The second kappa shape index (κ2) is 8.82. The third-order valence-corrected chi connectivity index (χ3v) is 5.77. The summed E-state index contributed by atoms with van der Waals surface area (Å²) in [5.74, 6) is 1.84. The summed E-state index contributed by atoms with van der Waals surface area (Å²) in [5, 5.41) is 0. The Morgan fingerprint density at radius 3 is 2.14 bits per heavy atom. The molecule has 6 heteroatoms. The van der Waals surface area contributed by atoms with E-state index >= 15 is 0 Å². The number of hydrogen-bond donors (Lipinski definition) is 1. The molecular formula is C8H21O2PS2Sn. The Hall–Kier alpha value is 1.72. The van der Waals surface area contributed by atoms with E-state index in [1.165, 1.54) is 11.4 Å². The molecule has 0 amide bonds. The van der Waals surface area contributed by atoms with Crippen LogP contribution in [0, 0.1) is 11.8 Å². The van der Waals surface area contributed by atoms with Gasteiger partial charge in [0.15, 0.2) is 0 Å². The summed E-state index contributed by atoms with van der Waals surface area (Å²) in [7, 11) is 0. The topological polar surface area (TPSA) is 29.5 Å². The summed E-state index contributed by atoms with van der Waals surface area (Å²) >= 11 is 6.38. The van der Waals surface area contributed by atoms with Crippen LogP contribution in [0.4, 0.5) is 0 Å². The van der Waals surface area contributed by atoms with Gasteiger partial charge in [0, 0.05) is 5.75 Å². The van der Waals surface area contributed by atoms with E-state index in [9.17, 15) is 4.89 Å². The molecule has 0 aromatic carbocycles. The van der Waals surface area contributed by atoms with Crippen LogP contribution in [0.25, 0.3) is 0 Å². The van der Waals surface area contributed by atoms with Crippen LogP contribution in [0.3, 0.4) is 0 Å². The Labute approximate surface area is 113 Å². The summed E-state index contributed by atoms with van der Waals surface area (Å²) in [5.41, 5.74) is -2.55. The number of hydrogen-bond acceptors (Lipinski definition) is 3. The van der Waals surface area contributed by atoms with Crippen molar-refractivity contribution in [1.82, 2.24) is 0 Å². The SMILES string of the molecule is CC(C)COP(O)(=S)SCC(C)C.[SnH2]. The van der Waals surface area contributed by atoms with Crippen molar-refractivity contribution in [1.29, 1.82) is 0 Å². The molecule has 14 heavy (non-hydrogen) atoms. The van der Waals surface area contributed by atoms with Gasteiger partial charge in [-0.2, -0.15) is 0 Å². The Bertz CT molecular complexity index is 172. The quantitative estimate of drug-likeness (QED) is 0.580. The average molecular weight is 363 g/mol. The molecule has 0 bridgehead atoms. The first-order valence-corrected chi connectivity index (χ1v) is 8.71. The van der Waals surface area contributed by atoms with Crippen molar-refractivity contribution in [2.75, 3.05) is 12.4 Å². The molecule has 1 unspecified atom stereocenters. The average Bonchev–Trinajstić information content (AvgIpc) is 1.98. The molecule has 0 heterocycles. The summed E-state index contributed by atoms with van der Waals surface area (Å²) < 4.78 is 5.29. The van der Waals surface area contributed by atoms with Crippen molar-refractivity contribution in [3.63, 3.8) is 0 Å². The molecule has 2 nitrogen and oxygen atoms in total. The molecule has 0 rings (SSSR count). The molecular weight excluding hydrogens is 342 g/mol. The van der Waals surface area contributed by atoms with E-state index in [0.717, 1.165) is 5.75 Å². The van der Waals surface area contributed by atoms with Gasteiger partial charge >= 0.3 is 23.9 Å². The predicted octanol–water partition coefficient (Wildman–Crippen LogP) is 2.35. The van der Waals surface area contributed by atoms with E-state index in [1.807, 2.05) is 13.8 Å². The molecule has 0 aliphatic heterocycles. The van der Waals surface area contributed by atoms with Gasteiger partial charge in [0.1, 0.15) is 0 Å². The first-order valence-electron chi connectivity index (χ1n) is 4.45. The van der Waals surface area contributed by atoms with Gasteiger partial charge in [0.05, 0.1) is 6.61 Å². The molecule has 0 fully saturated rings. The molecule has 0 aromatic heterocycles. The van der Waals surface area contributed by atoms with Crippen LogP contribution in [0.15, 0.2) is 0 Å². The van der Waals surface area contributed by atoms with Crippen molar-refractivity contribution in [2.45, 2.75) is 27.7 Å². The van der Waals surface area contributed by atoms with Crippen molar-refractivity contribution in [3.05, 3.63) is 0 Å². The van der Waals surface area contributed by atoms with E-state index in [0.29, 0.717) is 18.4 Å². The monoisotopic (exact) mass is 364 g/mol. The van der Waals surface area contributed by atoms with E-state index in [4.69, 9.17) is 16.3 Å². The summed E-state index contributed by atoms with van der Waals surface area (Å²) in [6.45, 7) is 8.85. The van der Waals surface area contributed by atoms with Gasteiger partial charge in [-0.05, 0) is 23.6 Å². The first-order chi connectivity index (χ1) is 5.83. The van der Waals surface area contributed by atoms with Crippen LogP contribution >= 0.6 is 17.1 Å². The standard InChI is InChI=1S/C8H19O2PS2.Sn.2H/c1-7(2)5-10-11(9,12)13-6-8(3)4;;;/h7-8H,5-6H2,1-4H3,(H,9,12);;;. The molecule has 0 saturated heterocycles. The zero-order valence-corrected chi connectivity index (χ0v) is 16.0. The van der Waals surface area contributed by atoms with Gasteiger partial charge in [-0.25, -0.2) is 0 Å². The molecule has 0 aliphatic carbocycles.